The zero-order chi connectivity index (χ0) is 25.1. The first kappa shape index (κ1) is 24.2. The Balaban J connectivity index is 1.38. The second-order valence-electron chi connectivity index (χ2n) is 7.81. The molecule has 6 nitrogen and oxygen atoms in total. The predicted octanol–water partition coefficient (Wildman–Crippen LogP) is 7.04. The number of benzene rings is 3. The van der Waals surface area contributed by atoms with Gasteiger partial charge < -0.3 is 5.32 Å². The first-order valence-corrected chi connectivity index (χ1v) is 13.1. The van der Waals surface area contributed by atoms with E-state index in [1.54, 1.807) is 34.2 Å². The number of aromatic nitrogens is 4. The minimum Gasteiger partial charge on any atom is -0.321 e. The van der Waals surface area contributed by atoms with Crippen LogP contribution in [-0.2, 0) is 5.75 Å². The van der Waals surface area contributed by atoms with E-state index in [4.69, 9.17) is 11.6 Å². The molecule has 0 fully saturated rings. The summed E-state index contributed by atoms with van der Waals surface area (Å²) in [5, 5.41) is 14.9. The lowest BCUT2D eigenvalue weighted by atomic mass is 10.2. The van der Waals surface area contributed by atoms with E-state index in [-0.39, 0.29) is 5.91 Å². The largest absolute Gasteiger partial charge is 0.321 e. The molecule has 0 spiro atoms. The lowest BCUT2D eigenvalue weighted by Crippen LogP contribution is -2.12. The number of nitrogens with one attached hydrogen (secondary N) is 1. The van der Waals surface area contributed by atoms with Crippen molar-refractivity contribution in [1.82, 2.24) is 19.7 Å². The summed E-state index contributed by atoms with van der Waals surface area (Å²) < 4.78 is 16.5. The summed E-state index contributed by atoms with van der Waals surface area (Å²) in [5.41, 5.74) is 3.12. The van der Waals surface area contributed by atoms with Crippen molar-refractivity contribution < 1.29 is 9.18 Å². The second-order valence-corrected chi connectivity index (χ2v) is 10.1. The van der Waals surface area contributed by atoms with Crippen molar-refractivity contribution in [1.29, 1.82) is 0 Å². The van der Waals surface area contributed by atoms with E-state index in [0.29, 0.717) is 44.4 Å². The van der Waals surface area contributed by atoms with Gasteiger partial charge in [0.05, 0.1) is 16.5 Å². The van der Waals surface area contributed by atoms with E-state index in [1.165, 1.54) is 29.2 Å². The highest BCUT2D eigenvalue weighted by atomic mass is 35.5. The maximum Gasteiger partial charge on any atom is 0.275 e. The first-order valence-electron chi connectivity index (χ1n) is 10.9. The molecule has 36 heavy (non-hydrogen) atoms. The highest BCUT2D eigenvalue weighted by molar-refractivity contribution is 7.98. The molecule has 5 rings (SSSR count). The van der Waals surface area contributed by atoms with Crippen LogP contribution in [0.3, 0.4) is 0 Å². The van der Waals surface area contributed by atoms with Crippen LogP contribution in [0.15, 0.2) is 83.3 Å². The van der Waals surface area contributed by atoms with Gasteiger partial charge in [-0.2, -0.15) is 0 Å². The number of halogens is 2. The van der Waals surface area contributed by atoms with Crippen molar-refractivity contribution >= 4 is 46.3 Å². The molecule has 1 N–H and O–H groups in total. The molecular weight excluding hydrogens is 517 g/mol. The molecule has 3 aromatic carbocycles. The zero-order valence-electron chi connectivity index (χ0n) is 19.0. The summed E-state index contributed by atoms with van der Waals surface area (Å²) in [7, 11) is 0. The van der Waals surface area contributed by atoms with Gasteiger partial charge in [0.2, 0.25) is 0 Å². The number of carbonyl (C=O) groups is 1. The number of para-hydroxylation sites is 1. The fraction of sp³-hybridized carbons (Fsp3) is 0.0769. The molecule has 1 amide bonds. The summed E-state index contributed by atoms with van der Waals surface area (Å²) in [6.45, 7) is 1.99. The van der Waals surface area contributed by atoms with Crippen LogP contribution >= 0.6 is 34.7 Å². The molecule has 5 aromatic rings. The van der Waals surface area contributed by atoms with Crippen molar-refractivity contribution in [3.05, 3.63) is 105 Å². The lowest BCUT2D eigenvalue weighted by molar-refractivity contribution is 0.102. The molecule has 2 heterocycles. The minimum absolute atomic E-state index is 0.276. The topological polar surface area (TPSA) is 72.7 Å². The highest BCUT2D eigenvalue weighted by Crippen LogP contribution is 2.34. The van der Waals surface area contributed by atoms with E-state index < -0.39 is 5.82 Å². The molecule has 0 radical (unpaired) electrons. The monoisotopic (exact) mass is 535 g/mol. The molecule has 2 aromatic heterocycles. The Morgan fingerprint density at radius 2 is 1.81 bits per heavy atom. The number of thioether (sulfide) groups is 1. The Morgan fingerprint density at radius 3 is 2.58 bits per heavy atom. The average Bonchev–Trinajstić information content (AvgIpc) is 3.52. The fourth-order valence-electron chi connectivity index (χ4n) is 3.47. The molecule has 0 unspecified atom stereocenters. The number of rotatable bonds is 7. The highest BCUT2D eigenvalue weighted by Gasteiger charge is 2.21. The number of hydrogen-bond donors (Lipinski definition) is 1. The van der Waals surface area contributed by atoms with Crippen LogP contribution < -0.4 is 5.32 Å². The van der Waals surface area contributed by atoms with Gasteiger partial charge in [0.1, 0.15) is 16.5 Å². The second kappa shape index (κ2) is 10.6. The summed E-state index contributed by atoms with van der Waals surface area (Å²) in [5.74, 6) is 0.182. The third-order valence-electron chi connectivity index (χ3n) is 5.26. The SMILES string of the molecule is Cc1ccc(NC(=O)c2csc(CSc3nnc(-c4ccccc4Cl)n3-c3ccccc3F)n2)cc1. The van der Waals surface area contributed by atoms with Crippen molar-refractivity contribution in [2.45, 2.75) is 17.8 Å². The molecule has 0 aliphatic heterocycles. The molecule has 10 heteroatoms. The Kier molecular flexibility index (Phi) is 7.13. The van der Waals surface area contributed by atoms with Crippen molar-refractivity contribution in [3.8, 4) is 17.1 Å². The van der Waals surface area contributed by atoms with Crippen LogP contribution in [-0.4, -0.2) is 25.7 Å². The zero-order valence-corrected chi connectivity index (χ0v) is 21.4. The molecule has 0 bridgehead atoms. The predicted molar refractivity (Wildman–Crippen MR) is 143 cm³/mol. The Bertz CT molecular complexity index is 1530. The van der Waals surface area contributed by atoms with Crippen LogP contribution in [0.25, 0.3) is 17.1 Å². The number of amides is 1. The van der Waals surface area contributed by atoms with E-state index >= 15 is 0 Å². The van der Waals surface area contributed by atoms with Crippen LogP contribution in [0.5, 0.6) is 0 Å². The third-order valence-corrected chi connectivity index (χ3v) is 7.56. The number of hydrogen-bond acceptors (Lipinski definition) is 6. The smallest absolute Gasteiger partial charge is 0.275 e. The molecule has 0 saturated carbocycles. The molecule has 0 aliphatic carbocycles. The van der Waals surface area contributed by atoms with Gasteiger partial charge in [-0.1, -0.05) is 65.3 Å². The standard InChI is InChI=1S/C26H19ClFN5OS2/c1-16-10-12-17(13-11-16)29-25(34)21-14-35-23(30-21)15-36-26-32-31-24(18-6-2-3-7-19(18)27)33(26)22-9-5-4-8-20(22)28/h2-14H,15H2,1H3,(H,29,34). The maximum atomic E-state index is 14.8. The van der Waals surface area contributed by atoms with Gasteiger partial charge in [-0.15, -0.1) is 21.5 Å². The van der Waals surface area contributed by atoms with Crippen molar-refractivity contribution in [2.75, 3.05) is 5.32 Å². The van der Waals surface area contributed by atoms with E-state index in [9.17, 15) is 9.18 Å². The molecule has 0 aliphatic rings. The van der Waals surface area contributed by atoms with Crippen LogP contribution in [0.4, 0.5) is 10.1 Å². The Hall–Kier alpha value is -3.53. The summed E-state index contributed by atoms with van der Waals surface area (Å²) >= 11 is 9.14. The van der Waals surface area contributed by atoms with Gasteiger partial charge in [-0.3, -0.25) is 9.36 Å². The number of nitrogens with zero attached hydrogens (tertiary/aromatic N) is 4. The van der Waals surface area contributed by atoms with Gasteiger partial charge >= 0.3 is 0 Å². The molecule has 0 atom stereocenters. The lowest BCUT2D eigenvalue weighted by Gasteiger charge is -2.11. The van der Waals surface area contributed by atoms with Gasteiger partial charge in [-0.05, 0) is 43.3 Å². The Labute approximate surface area is 220 Å². The Morgan fingerprint density at radius 1 is 1.06 bits per heavy atom. The number of anilines is 1. The molecular formula is C26H19ClFN5OS2. The summed E-state index contributed by atoms with van der Waals surface area (Å²) in [4.78, 5) is 17.1. The van der Waals surface area contributed by atoms with Gasteiger partial charge in [0, 0.05) is 16.6 Å². The normalized spacial score (nSPS) is 11.0. The van der Waals surface area contributed by atoms with Crippen LogP contribution in [0, 0.1) is 12.7 Å². The maximum absolute atomic E-state index is 14.8. The first-order chi connectivity index (χ1) is 17.5. The number of thiazole rings is 1. The molecule has 180 valence electrons. The van der Waals surface area contributed by atoms with Crippen LogP contribution in [0.2, 0.25) is 5.02 Å². The van der Waals surface area contributed by atoms with Crippen molar-refractivity contribution in [3.63, 3.8) is 0 Å². The quantitative estimate of drug-likeness (QED) is 0.226. The fourth-order valence-corrected chi connectivity index (χ4v) is 5.43. The number of carbonyl (C=O) groups excluding carboxylic acids is 1. The van der Waals surface area contributed by atoms with E-state index in [2.05, 4.69) is 20.5 Å². The molecule has 0 saturated heterocycles. The minimum atomic E-state index is -0.406. The third kappa shape index (κ3) is 5.18. The average molecular weight is 536 g/mol. The van der Waals surface area contributed by atoms with Gasteiger partial charge in [0.25, 0.3) is 5.91 Å². The summed E-state index contributed by atoms with van der Waals surface area (Å²) in [6, 6.07) is 21.2. The van der Waals surface area contributed by atoms with Gasteiger partial charge in [-0.25, -0.2) is 9.37 Å². The van der Waals surface area contributed by atoms with Crippen LogP contribution in [0.1, 0.15) is 21.1 Å². The summed E-state index contributed by atoms with van der Waals surface area (Å²) in [6.07, 6.45) is 0. The number of aryl methyl sites for hydroxylation is 1. The van der Waals surface area contributed by atoms with E-state index in [1.807, 2.05) is 49.4 Å². The van der Waals surface area contributed by atoms with Crippen molar-refractivity contribution in [2.24, 2.45) is 0 Å². The van der Waals surface area contributed by atoms with Gasteiger partial charge in [0.15, 0.2) is 11.0 Å². The van der Waals surface area contributed by atoms with E-state index in [0.717, 1.165) is 10.6 Å².